The van der Waals surface area contributed by atoms with Crippen molar-refractivity contribution in [3.05, 3.63) is 23.8 Å². The zero-order chi connectivity index (χ0) is 8.55. The van der Waals surface area contributed by atoms with Gasteiger partial charge in [-0.3, -0.25) is 0 Å². The molecular weight excluding hydrogens is 152 g/mol. The van der Waals surface area contributed by atoms with Crippen LogP contribution in [0.15, 0.2) is 18.2 Å². The van der Waals surface area contributed by atoms with Crippen LogP contribution in [-0.4, -0.2) is 11.2 Å². The first kappa shape index (κ1) is 7.47. The molecule has 1 atom stereocenters. The van der Waals surface area contributed by atoms with Crippen LogP contribution in [0.3, 0.4) is 0 Å². The minimum atomic E-state index is 0.283. The predicted octanol–water partition coefficient (Wildman–Crippen LogP) is 2.11. The third-order valence-electron chi connectivity index (χ3n) is 2.25. The lowest BCUT2D eigenvalue weighted by molar-refractivity contribution is 0.227. The van der Waals surface area contributed by atoms with E-state index < -0.39 is 0 Å². The molecule has 0 saturated carbocycles. The Kier molecular flexibility index (Phi) is 1.68. The highest BCUT2D eigenvalue weighted by Gasteiger charge is 2.20. The summed E-state index contributed by atoms with van der Waals surface area (Å²) in [5.74, 6) is 1.13. The van der Waals surface area contributed by atoms with Gasteiger partial charge < -0.3 is 9.84 Å². The first-order valence-electron chi connectivity index (χ1n) is 4.28. The van der Waals surface area contributed by atoms with Crippen LogP contribution >= 0.6 is 0 Å². The molecule has 1 aromatic rings. The molecule has 0 aromatic heterocycles. The minimum absolute atomic E-state index is 0.283. The Hall–Kier alpha value is -1.18. The largest absolute Gasteiger partial charge is 0.508 e. The van der Waals surface area contributed by atoms with Crippen LogP contribution in [0, 0.1) is 0 Å². The number of phenols is 1. The summed E-state index contributed by atoms with van der Waals surface area (Å²) in [5.41, 5.74) is 1.21. The van der Waals surface area contributed by atoms with Crippen LogP contribution in [-0.2, 0) is 6.42 Å². The van der Waals surface area contributed by atoms with E-state index in [1.54, 1.807) is 12.1 Å². The molecule has 1 N–H and O–H groups in total. The Bertz CT molecular complexity index is 294. The highest BCUT2D eigenvalue weighted by atomic mass is 16.5. The molecule has 0 aliphatic carbocycles. The van der Waals surface area contributed by atoms with Crippen molar-refractivity contribution in [2.45, 2.75) is 25.9 Å². The summed E-state index contributed by atoms with van der Waals surface area (Å²) in [6.45, 7) is 2.11. The van der Waals surface area contributed by atoms with E-state index in [0.717, 1.165) is 18.6 Å². The van der Waals surface area contributed by atoms with Gasteiger partial charge in [-0.15, -0.1) is 0 Å². The molecule has 12 heavy (non-hydrogen) atoms. The summed E-state index contributed by atoms with van der Waals surface area (Å²) in [6, 6.07) is 5.32. The van der Waals surface area contributed by atoms with Crippen LogP contribution in [0.1, 0.15) is 18.9 Å². The lowest BCUT2D eigenvalue weighted by Gasteiger charge is -2.05. The Labute approximate surface area is 71.8 Å². The van der Waals surface area contributed by atoms with E-state index in [2.05, 4.69) is 6.92 Å². The van der Waals surface area contributed by atoms with E-state index in [-0.39, 0.29) is 5.75 Å². The van der Waals surface area contributed by atoms with E-state index in [1.165, 1.54) is 5.56 Å². The Morgan fingerprint density at radius 2 is 2.42 bits per heavy atom. The minimum Gasteiger partial charge on any atom is -0.508 e. The van der Waals surface area contributed by atoms with E-state index in [0.29, 0.717) is 6.10 Å². The van der Waals surface area contributed by atoms with Gasteiger partial charge in [0.2, 0.25) is 0 Å². The smallest absolute Gasteiger partial charge is 0.126 e. The third kappa shape index (κ3) is 1.13. The van der Waals surface area contributed by atoms with Gasteiger partial charge in [0.05, 0.1) is 0 Å². The topological polar surface area (TPSA) is 29.5 Å². The van der Waals surface area contributed by atoms with Gasteiger partial charge in [-0.25, -0.2) is 0 Å². The van der Waals surface area contributed by atoms with Crippen molar-refractivity contribution in [2.75, 3.05) is 0 Å². The van der Waals surface area contributed by atoms with Crippen molar-refractivity contribution < 1.29 is 9.84 Å². The second kappa shape index (κ2) is 2.70. The maximum absolute atomic E-state index is 9.18. The van der Waals surface area contributed by atoms with Crippen molar-refractivity contribution in [3.63, 3.8) is 0 Å². The number of ether oxygens (including phenoxy) is 1. The van der Waals surface area contributed by atoms with E-state index >= 15 is 0 Å². The molecule has 1 unspecified atom stereocenters. The van der Waals surface area contributed by atoms with Gasteiger partial charge in [0, 0.05) is 12.5 Å². The number of aromatic hydroxyl groups is 1. The monoisotopic (exact) mass is 164 g/mol. The van der Waals surface area contributed by atoms with Crippen molar-refractivity contribution in [1.29, 1.82) is 0 Å². The number of hydrogen-bond donors (Lipinski definition) is 1. The average molecular weight is 164 g/mol. The van der Waals surface area contributed by atoms with Crippen LogP contribution < -0.4 is 4.74 Å². The van der Waals surface area contributed by atoms with Crippen LogP contribution in [0.4, 0.5) is 0 Å². The fraction of sp³-hybridized carbons (Fsp3) is 0.400. The van der Waals surface area contributed by atoms with E-state index in [9.17, 15) is 5.11 Å². The van der Waals surface area contributed by atoms with Gasteiger partial charge in [0.1, 0.15) is 17.6 Å². The summed E-state index contributed by atoms with van der Waals surface area (Å²) in [6.07, 6.45) is 2.31. The van der Waals surface area contributed by atoms with Gasteiger partial charge in [-0.05, 0) is 18.1 Å². The lowest BCUT2D eigenvalue weighted by atomic mass is 10.1. The van der Waals surface area contributed by atoms with E-state index in [1.807, 2.05) is 6.07 Å². The summed E-state index contributed by atoms with van der Waals surface area (Å²) in [4.78, 5) is 0. The molecule has 0 spiro atoms. The molecule has 0 radical (unpaired) electrons. The summed E-state index contributed by atoms with van der Waals surface area (Å²) < 4.78 is 5.58. The SMILES string of the molecule is CCC1Cc2ccc(O)cc2O1. The number of phenolic OH excluding ortho intramolecular Hbond substituents is 1. The lowest BCUT2D eigenvalue weighted by Crippen LogP contribution is -2.10. The molecule has 64 valence electrons. The van der Waals surface area contributed by atoms with Crippen molar-refractivity contribution in [3.8, 4) is 11.5 Å². The molecular formula is C10H12O2. The Balaban J connectivity index is 2.30. The fourth-order valence-corrected chi connectivity index (χ4v) is 1.52. The zero-order valence-electron chi connectivity index (χ0n) is 7.08. The highest BCUT2D eigenvalue weighted by molar-refractivity contribution is 5.42. The van der Waals surface area contributed by atoms with Crippen molar-refractivity contribution in [2.24, 2.45) is 0 Å². The van der Waals surface area contributed by atoms with Gasteiger partial charge >= 0.3 is 0 Å². The summed E-state index contributed by atoms with van der Waals surface area (Å²) in [5, 5.41) is 9.18. The van der Waals surface area contributed by atoms with E-state index in [4.69, 9.17) is 4.74 Å². The summed E-state index contributed by atoms with van der Waals surface area (Å²) >= 11 is 0. The second-order valence-electron chi connectivity index (χ2n) is 3.14. The maximum atomic E-state index is 9.18. The normalized spacial score (nSPS) is 20.2. The molecule has 0 fully saturated rings. The summed E-state index contributed by atoms with van der Waals surface area (Å²) in [7, 11) is 0. The fourth-order valence-electron chi connectivity index (χ4n) is 1.52. The zero-order valence-corrected chi connectivity index (χ0v) is 7.08. The Morgan fingerprint density at radius 1 is 1.58 bits per heavy atom. The van der Waals surface area contributed by atoms with Crippen molar-refractivity contribution in [1.82, 2.24) is 0 Å². The third-order valence-corrected chi connectivity index (χ3v) is 2.25. The average Bonchev–Trinajstić information content (AvgIpc) is 2.46. The highest BCUT2D eigenvalue weighted by Crippen LogP contribution is 2.32. The molecule has 1 aromatic carbocycles. The van der Waals surface area contributed by atoms with Crippen LogP contribution in [0.5, 0.6) is 11.5 Å². The molecule has 2 rings (SSSR count). The molecule has 2 nitrogen and oxygen atoms in total. The van der Waals surface area contributed by atoms with Crippen LogP contribution in [0.25, 0.3) is 0 Å². The molecule has 0 bridgehead atoms. The molecule has 1 aliphatic heterocycles. The quantitative estimate of drug-likeness (QED) is 0.688. The van der Waals surface area contributed by atoms with Gasteiger partial charge in [-0.1, -0.05) is 13.0 Å². The van der Waals surface area contributed by atoms with Crippen molar-refractivity contribution >= 4 is 0 Å². The first-order chi connectivity index (χ1) is 5.79. The second-order valence-corrected chi connectivity index (χ2v) is 3.14. The number of fused-ring (bicyclic) bond motifs is 1. The molecule has 1 heterocycles. The standard InChI is InChI=1S/C10H12O2/c1-2-9-5-7-3-4-8(11)6-10(7)12-9/h3-4,6,9,11H,2,5H2,1H3. The van der Waals surface area contributed by atoms with Gasteiger partial charge in [-0.2, -0.15) is 0 Å². The molecule has 2 heteroatoms. The predicted molar refractivity (Wildman–Crippen MR) is 46.5 cm³/mol. The number of hydrogen-bond acceptors (Lipinski definition) is 2. The number of rotatable bonds is 1. The van der Waals surface area contributed by atoms with Gasteiger partial charge in [0.15, 0.2) is 0 Å². The molecule has 1 aliphatic rings. The molecule has 0 amide bonds. The maximum Gasteiger partial charge on any atom is 0.126 e. The molecule has 0 saturated heterocycles. The Morgan fingerprint density at radius 3 is 3.17 bits per heavy atom. The van der Waals surface area contributed by atoms with Gasteiger partial charge in [0.25, 0.3) is 0 Å². The first-order valence-corrected chi connectivity index (χ1v) is 4.28. The van der Waals surface area contributed by atoms with Crippen LogP contribution in [0.2, 0.25) is 0 Å². The number of benzene rings is 1.